The van der Waals surface area contributed by atoms with Gasteiger partial charge in [-0.3, -0.25) is 5.41 Å². The van der Waals surface area contributed by atoms with Crippen LogP contribution in [0, 0.1) is 11.3 Å². The van der Waals surface area contributed by atoms with Crippen LogP contribution < -0.4 is 0 Å². The second-order valence-corrected chi connectivity index (χ2v) is 3.41. The summed E-state index contributed by atoms with van der Waals surface area (Å²) in [5, 5.41) is 7.55. The molecule has 70 valence electrons. The summed E-state index contributed by atoms with van der Waals surface area (Å²) in [5.74, 6) is 0.815. The Balaban J connectivity index is 2.29. The maximum absolute atomic E-state index is 7.55. The summed E-state index contributed by atoms with van der Waals surface area (Å²) >= 11 is 0. The Kier molecular flexibility index (Phi) is 3.38. The Morgan fingerprint density at radius 2 is 2.08 bits per heavy atom. The highest BCUT2D eigenvalue weighted by Gasteiger charge is 2.18. The first-order valence-electron chi connectivity index (χ1n) is 4.70. The van der Waals surface area contributed by atoms with Crippen molar-refractivity contribution in [3.05, 3.63) is 0 Å². The smallest absolute Gasteiger partial charge is 0.284 e. The maximum atomic E-state index is 7.55. The van der Waals surface area contributed by atoms with Crippen molar-refractivity contribution < 1.29 is 4.74 Å². The van der Waals surface area contributed by atoms with Gasteiger partial charge in [-0.1, -0.05) is 6.92 Å². The first-order valence-corrected chi connectivity index (χ1v) is 4.70. The van der Waals surface area contributed by atoms with Crippen molar-refractivity contribution in [1.29, 1.82) is 5.41 Å². The summed E-state index contributed by atoms with van der Waals surface area (Å²) in [4.78, 5) is 2.02. The third-order valence-electron chi connectivity index (χ3n) is 2.35. The van der Waals surface area contributed by atoms with Crippen molar-refractivity contribution in [3.8, 4) is 0 Å². The Labute approximate surface area is 74.2 Å². The number of hydrogen-bond donors (Lipinski definition) is 1. The molecule has 0 amide bonds. The quantitative estimate of drug-likeness (QED) is 0.480. The van der Waals surface area contributed by atoms with Crippen LogP contribution in [0.2, 0.25) is 0 Å². The molecule has 1 saturated heterocycles. The summed E-state index contributed by atoms with van der Waals surface area (Å²) in [6.07, 6.45) is 2.38. The van der Waals surface area contributed by atoms with E-state index in [1.807, 2.05) is 11.8 Å². The molecule has 1 fully saturated rings. The van der Waals surface area contributed by atoms with E-state index in [0.717, 1.165) is 19.0 Å². The topological polar surface area (TPSA) is 36.3 Å². The highest BCUT2D eigenvalue weighted by molar-refractivity contribution is 5.70. The van der Waals surface area contributed by atoms with Crippen molar-refractivity contribution in [3.63, 3.8) is 0 Å². The summed E-state index contributed by atoms with van der Waals surface area (Å²) in [6.45, 7) is 6.76. The lowest BCUT2D eigenvalue weighted by atomic mass is 10.00. The van der Waals surface area contributed by atoms with Crippen molar-refractivity contribution >= 4 is 6.02 Å². The zero-order chi connectivity index (χ0) is 8.97. The summed E-state index contributed by atoms with van der Waals surface area (Å²) in [5.41, 5.74) is 0. The van der Waals surface area contributed by atoms with Crippen LogP contribution in [0.3, 0.4) is 0 Å². The Bertz CT molecular complexity index is 151. The Morgan fingerprint density at radius 1 is 1.50 bits per heavy atom. The number of ether oxygens (including phenoxy) is 1. The molecule has 0 unspecified atom stereocenters. The van der Waals surface area contributed by atoms with Gasteiger partial charge in [-0.15, -0.1) is 0 Å². The standard InChI is InChI=1S/C9H18N2O/c1-3-12-9(10)11-6-4-8(2)5-7-11/h8,10H,3-7H2,1-2H3. The van der Waals surface area contributed by atoms with Gasteiger partial charge in [0.1, 0.15) is 0 Å². The summed E-state index contributed by atoms with van der Waals surface area (Å²) in [7, 11) is 0. The van der Waals surface area contributed by atoms with Gasteiger partial charge in [0.15, 0.2) is 0 Å². The van der Waals surface area contributed by atoms with Gasteiger partial charge in [-0.25, -0.2) is 0 Å². The molecular formula is C9H18N2O. The highest BCUT2D eigenvalue weighted by Crippen LogP contribution is 2.15. The molecule has 1 N–H and O–H groups in total. The van der Waals surface area contributed by atoms with Crippen LogP contribution in [-0.2, 0) is 4.74 Å². The van der Waals surface area contributed by atoms with Gasteiger partial charge in [0, 0.05) is 13.1 Å². The molecule has 1 aliphatic rings. The van der Waals surface area contributed by atoms with E-state index in [4.69, 9.17) is 10.1 Å². The molecule has 0 aromatic heterocycles. The molecule has 0 aliphatic carbocycles. The van der Waals surface area contributed by atoms with Gasteiger partial charge >= 0.3 is 0 Å². The highest BCUT2D eigenvalue weighted by atomic mass is 16.5. The molecule has 0 aromatic carbocycles. The third-order valence-corrected chi connectivity index (χ3v) is 2.35. The van der Waals surface area contributed by atoms with E-state index in [0.29, 0.717) is 12.6 Å². The molecule has 1 aliphatic heterocycles. The number of hydrogen-bond acceptors (Lipinski definition) is 2. The SMILES string of the molecule is CCOC(=N)N1CCC(C)CC1. The van der Waals surface area contributed by atoms with Crippen molar-refractivity contribution in [2.75, 3.05) is 19.7 Å². The van der Waals surface area contributed by atoms with Gasteiger partial charge in [0.2, 0.25) is 0 Å². The molecule has 0 radical (unpaired) electrons. The van der Waals surface area contributed by atoms with Crippen LogP contribution in [0.15, 0.2) is 0 Å². The van der Waals surface area contributed by atoms with Gasteiger partial charge in [0.25, 0.3) is 6.02 Å². The summed E-state index contributed by atoms with van der Waals surface area (Å²) < 4.78 is 5.13. The molecule has 1 rings (SSSR count). The van der Waals surface area contributed by atoms with E-state index < -0.39 is 0 Å². The lowest BCUT2D eigenvalue weighted by Gasteiger charge is -2.31. The van der Waals surface area contributed by atoms with E-state index in [1.165, 1.54) is 12.8 Å². The van der Waals surface area contributed by atoms with Crippen LogP contribution in [0.25, 0.3) is 0 Å². The zero-order valence-corrected chi connectivity index (χ0v) is 7.97. The number of likely N-dealkylation sites (tertiary alicyclic amines) is 1. The fourth-order valence-corrected chi connectivity index (χ4v) is 1.44. The van der Waals surface area contributed by atoms with E-state index in [-0.39, 0.29) is 0 Å². The summed E-state index contributed by atoms with van der Waals surface area (Å²) in [6, 6.07) is 0.351. The van der Waals surface area contributed by atoms with Crippen LogP contribution in [0.1, 0.15) is 26.7 Å². The van der Waals surface area contributed by atoms with Crippen molar-refractivity contribution in [2.45, 2.75) is 26.7 Å². The zero-order valence-electron chi connectivity index (χ0n) is 7.97. The second-order valence-electron chi connectivity index (χ2n) is 3.41. The fraction of sp³-hybridized carbons (Fsp3) is 0.889. The van der Waals surface area contributed by atoms with Gasteiger partial charge in [-0.2, -0.15) is 0 Å². The van der Waals surface area contributed by atoms with Gasteiger partial charge in [0.05, 0.1) is 6.61 Å². The minimum atomic E-state index is 0.351. The van der Waals surface area contributed by atoms with Gasteiger partial charge in [-0.05, 0) is 25.7 Å². The molecule has 3 heteroatoms. The Hall–Kier alpha value is -0.730. The monoisotopic (exact) mass is 170 g/mol. The predicted molar refractivity (Wildman–Crippen MR) is 49.3 cm³/mol. The van der Waals surface area contributed by atoms with Crippen LogP contribution in [-0.4, -0.2) is 30.6 Å². The van der Waals surface area contributed by atoms with Gasteiger partial charge < -0.3 is 9.64 Å². The number of rotatable bonds is 1. The number of piperidine rings is 1. The number of nitrogens with zero attached hydrogens (tertiary/aromatic N) is 1. The number of nitrogens with one attached hydrogen (secondary N) is 1. The second kappa shape index (κ2) is 4.33. The molecule has 0 saturated carbocycles. The van der Waals surface area contributed by atoms with Crippen LogP contribution in [0.4, 0.5) is 0 Å². The molecule has 0 aromatic rings. The minimum Gasteiger partial charge on any atom is -0.466 e. The van der Waals surface area contributed by atoms with E-state index in [1.54, 1.807) is 0 Å². The van der Waals surface area contributed by atoms with Crippen LogP contribution >= 0.6 is 0 Å². The van der Waals surface area contributed by atoms with E-state index in [2.05, 4.69) is 6.92 Å². The average molecular weight is 170 g/mol. The Morgan fingerprint density at radius 3 is 2.58 bits per heavy atom. The maximum Gasteiger partial charge on any atom is 0.284 e. The first-order chi connectivity index (χ1) is 5.74. The molecule has 12 heavy (non-hydrogen) atoms. The lowest BCUT2D eigenvalue weighted by molar-refractivity contribution is 0.198. The molecule has 0 atom stereocenters. The lowest BCUT2D eigenvalue weighted by Crippen LogP contribution is -2.38. The number of amidine groups is 1. The van der Waals surface area contributed by atoms with E-state index in [9.17, 15) is 0 Å². The first kappa shape index (κ1) is 9.36. The van der Waals surface area contributed by atoms with Crippen molar-refractivity contribution in [1.82, 2.24) is 4.90 Å². The van der Waals surface area contributed by atoms with E-state index >= 15 is 0 Å². The fourth-order valence-electron chi connectivity index (χ4n) is 1.44. The molecule has 3 nitrogen and oxygen atoms in total. The van der Waals surface area contributed by atoms with Crippen molar-refractivity contribution in [2.24, 2.45) is 5.92 Å². The molecular weight excluding hydrogens is 152 g/mol. The average Bonchev–Trinajstić information content (AvgIpc) is 2.06. The predicted octanol–water partition coefficient (Wildman–Crippen LogP) is 1.69. The molecule has 1 heterocycles. The molecule has 0 spiro atoms. The normalized spacial score (nSPS) is 19.3. The van der Waals surface area contributed by atoms with Crippen LogP contribution in [0.5, 0.6) is 0 Å². The largest absolute Gasteiger partial charge is 0.466 e. The molecule has 0 bridgehead atoms. The third kappa shape index (κ3) is 2.40. The minimum absolute atomic E-state index is 0.351.